The maximum Gasteiger partial charge on any atom is 0.260 e. The Bertz CT molecular complexity index is 837. The number of pyridine rings is 1. The van der Waals surface area contributed by atoms with Crippen molar-refractivity contribution in [3.8, 4) is 10.6 Å². The van der Waals surface area contributed by atoms with Crippen molar-refractivity contribution in [1.82, 2.24) is 15.2 Å². The van der Waals surface area contributed by atoms with Gasteiger partial charge in [-0.15, -0.1) is 10.2 Å². The van der Waals surface area contributed by atoms with Crippen LogP contribution in [-0.2, 0) is 0 Å². The lowest BCUT2D eigenvalue weighted by Gasteiger charge is -2.18. The van der Waals surface area contributed by atoms with Gasteiger partial charge in [-0.25, -0.2) is 0 Å². The second-order valence-corrected chi connectivity index (χ2v) is 6.49. The van der Waals surface area contributed by atoms with Gasteiger partial charge in [-0.05, 0) is 36.8 Å². The predicted octanol–water partition coefficient (Wildman–Crippen LogP) is 4.31. The predicted molar refractivity (Wildman–Crippen MR) is 96.6 cm³/mol. The van der Waals surface area contributed by atoms with Crippen molar-refractivity contribution in [3.63, 3.8) is 0 Å². The highest BCUT2D eigenvalue weighted by Crippen LogP contribution is 2.29. The number of rotatable bonds is 5. The van der Waals surface area contributed by atoms with Gasteiger partial charge in [0.15, 0.2) is 5.01 Å². The van der Waals surface area contributed by atoms with Crippen LogP contribution in [0, 0.1) is 0 Å². The van der Waals surface area contributed by atoms with Gasteiger partial charge < -0.3 is 0 Å². The molecule has 122 valence electrons. The third-order valence-corrected chi connectivity index (χ3v) is 4.55. The Balaban J connectivity index is 1.91. The normalized spacial score (nSPS) is 10.6. The lowest BCUT2D eigenvalue weighted by atomic mass is 10.2. The molecule has 0 N–H and O–H groups in total. The zero-order valence-corrected chi connectivity index (χ0v) is 14.6. The minimum Gasteiger partial charge on any atom is -0.283 e. The van der Waals surface area contributed by atoms with E-state index < -0.39 is 0 Å². The molecule has 1 aromatic carbocycles. The summed E-state index contributed by atoms with van der Waals surface area (Å²) in [6.07, 6.45) is 4.25. The number of hydrogen-bond donors (Lipinski definition) is 0. The lowest BCUT2D eigenvalue weighted by Crippen LogP contribution is -2.31. The Morgan fingerprint density at radius 1 is 1.25 bits per heavy atom. The van der Waals surface area contributed by atoms with Gasteiger partial charge in [-0.1, -0.05) is 35.9 Å². The maximum atomic E-state index is 12.8. The van der Waals surface area contributed by atoms with Gasteiger partial charge in [0, 0.05) is 35.1 Å². The summed E-state index contributed by atoms with van der Waals surface area (Å²) >= 11 is 7.37. The first-order chi connectivity index (χ1) is 11.7. The average Bonchev–Trinajstić information content (AvgIpc) is 3.09. The summed E-state index contributed by atoms with van der Waals surface area (Å²) in [5.41, 5.74) is 1.42. The molecular formula is C17H15ClN4OS. The Labute approximate surface area is 148 Å². The van der Waals surface area contributed by atoms with E-state index in [0.717, 1.165) is 17.0 Å². The molecule has 0 spiro atoms. The summed E-state index contributed by atoms with van der Waals surface area (Å²) in [6.45, 7) is 2.58. The van der Waals surface area contributed by atoms with Gasteiger partial charge in [0.25, 0.3) is 5.91 Å². The minimum absolute atomic E-state index is 0.131. The Morgan fingerprint density at radius 3 is 2.83 bits per heavy atom. The van der Waals surface area contributed by atoms with Crippen molar-refractivity contribution in [2.24, 2.45) is 0 Å². The van der Waals surface area contributed by atoms with Crippen molar-refractivity contribution >= 4 is 34.0 Å². The van der Waals surface area contributed by atoms with Crippen molar-refractivity contribution in [3.05, 3.63) is 59.4 Å². The minimum atomic E-state index is -0.131. The molecule has 0 radical (unpaired) electrons. The van der Waals surface area contributed by atoms with Crippen LogP contribution < -0.4 is 4.90 Å². The first-order valence-electron chi connectivity index (χ1n) is 7.50. The number of benzene rings is 1. The topological polar surface area (TPSA) is 59.0 Å². The van der Waals surface area contributed by atoms with Crippen LogP contribution in [0.4, 0.5) is 5.13 Å². The molecule has 2 heterocycles. The number of amides is 1. The number of carbonyl (C=O) groups is 1. The standard InChI is InChI=1S/C17H15ClN4OS/c1-2-9-22(16(23)12-5-3-7-14(18)10-12)17-21-20-15(24-17)13-6-4-8-19-11-13/h3-8,10-11H,2,9H2,1H3. The maximum absolute atomic E-state index is 12.8. The molecule has 0 bridgehead atoms. The highest BCUT2D eigenvalue weighted by molar-refractivity contribution is 7.18. The Hall–Kier alpha value is -2.31. The van der Waals surface area contributed by atoms with Crippen LogP contribution in [0.15, 0.2) is 48.8 Å². The van der Waals surface area contributed by atoms with Crippen LogP contribution in [0.5, 0.6) is 0 Å². The van der Waals surface area contributed by atoms with Gasteiger partial charge in [-0.3, -0.25) is 14.7 Å². The first-order valence-corrected chi connectivity index (χ1v) is 8.70. The molecule has 24 heavy (non-hydrogen) atoms. The molecule has 0 fully saturated rings. The summed E-state index contributed by atoms with van der Waals surface area (Å²) in [4.78, 5) is 18.6. The molecule has 5 nitrogen and oxygen atoms in total. The van der Waals surface area contributed by atoms with E-state index in [1.807, 2.05) is 19.1 Å². The van der Waals surface area contributed by atoms with E-state index in [-0.39, 0.29) is 5.91 Å². The number of hydrogen-bond acceptors (Lipinski definition) is 5. The molecule has 0 atom stereocenters. The number of nitrogens with zero attached hydrogens (tertiary/aromatic N) is 4. The third kappa shape index (κ3) is 3.60. The van der Waals surface area contributed by atoms with Crippen LogP contribution in [0.25, 0.3) is 10.6 Å². The van der Waals surface area contributed by atoms with Gasteiger partial charge in [0.1, 0.15) is 0 Å². The van der Waals surface area contributed by atoms with Gasteiger partial charge in [0.05, 0.1) is 0 Å². The van der Waals surface area contributed by atoms with Crippen LogP contribution in [0.3, 0.4) is 0 Å². The van der Waals surface area contributed by atoms with Crippen LogP contribution in [0.1, 0.15) is 23.7 Å². The number of anilines is 1. The number of aromatic nitrogens is 3. The monoisotopic (exact) mass is 358 g/mol. The van der Waals surface area contributed by atoms with Crippen molar-refractivity contribution in [1.29, 1.82) is 0 Å². The molecule has 0 aliphatic heterocycles. The average molecular weight is 359 g/mol. The highest BCUT2D eigenvalue weighted by atomic mass is 35.5. The molecule has 0 saturated carbocycles. The quantitative estimate of drug-likeness (QED) is 0.681. The van der Waals surface area contributed by atoms with Crippen LogP contribution in [-0.4, -0.2) is 27.6 Å². The summed E-state index contributed by atoms with van der Waals surface area (Å²) < 4.78 is 0. The molecule has 0 aliphatic carbocycles. The zero-order valence-electron chi connectivity index (χ0n) is 13.0. The molecule has 0 saturated heterocycles. The summed E-state index contributed by atoms with van der Waals surface area (Å²) in [5, 5.41) is 10.2. The smallest absolute Gasteiger partial charge is 0.260 e. The molecule has 7 heteroatoms. The molecule has 2 aromatic heterocycles. The molecule has 3 rings (SSSR count). The Kier molecular flexibility index (Phi) is 5.17. The molecular weight excluding hydrogens is 344 g/mol. The van der Waals surface area contributed by atoms with Crippen LogP contribution in [0.2, 0.25) is 5.02 Å². The van der Waals surface area contributed by atoms with Gasteiger partial charge in [0.2, 0.25) is 5.13 Å². The van der Waals surface area contributed by atoms with Gasteiger partial charge >= 0.3 is 0 Å². The van der Waals surface area contributed by atoms with Crippen LogP contribution >= 0.6 is 22.9 Å². The Morgan fingerprint density at radius 2 is 2.12 bits per heavy atom. The summed E-state index contributed by atoms with van der Waals surface area (Å²) in [5.74, 6) is -0.131. The second-order valence-electron chi connectivity index (χ2n) is 5.10. The van der Waals surface area contributed by atoms with E-state index in [0.29, 0.717) is 22.3 Å². The van der Waals surface area contributed by atoms with Crippen molar-refractivity contribution in [2.75, 3.05) is 11.4 Å². The largest absolute Gasteiger partial charge is 0.283 e. The van der Waals surface area contributed by atoms with E-state index in [2.05, 4.69) is 15.2 Å². The highest BCUT2D eigenvalue weighted by Gasteiger charge is 2.21. The van der Waals surface area contributed by atoms with E-state index in [9.17, 15) is 4.79 Å². The van der Waals surface area contributed by atoms with E-state index in [4.69, 9.17) is 11.6 Å². The number of halogens is 1. The molecule has 0 aliphatic rings. The summed E-state index contributed by atoms with van der Waals surface area (Å²) in [6, 6.07) is 10.7. The van der Waals surface area contributed by atoms with Gasteiger partial charge in [-0.2, -0.15) is 0 Å². The van der Waals surface area contributed by atoms with E-state index in [1.54, 1.807) is 41.6 Å². The van der Waals surface area contributed by atoms with Crippen molar-refractivity contribution < 1.29 is 4.79 Å². The summed E-state index contributed by atoms with van der Waals surface area (Å²) in [7, 11) is 0. The fourth-order valence-corrected chi connectivity index (χ4v) is 3.27. The fraction of sp³-hybridized carbons (Fsp3) is 0.176. The first kappa shape index (κ1) is 16.5. The second kappa shape index (κ2) is 7.51. The van der Waals surface area contributed by atoms with E-state index in [1.165, 1.54) is 11.3 Å². The number of carbonyl (C=O) groups excluding carboxylic acids is 1. The van der Waals surface area contributed by atoms with E-state index >= 15 is 0 Å². The SMILES string of the molecule is CCCN(C(=O)c1cccc(Cl)c1)c1nnc(-c2cccnc2)s1. The fourth-order valence-electron chi connectivity index (χ4n) is 2.22. The third-order valence-electron chi connectivity index (χ3n) is 3.32. The zero-order chi connectivity index (χ0) is 16.9. The lowest BCUT2D eigenvalue weighted by molar-refractivity contribution is 0.0986. The molecule has 1 amide bonds. The van der Waals surface area contributed by atoms with Crippen molar-refractivity contribution in [2.45, 2.75) is 13.3 Å². The molecule has 3 aromatic rings. The molecule has 0 unspecified atom stereocenters.